The Labute approximate surface area is 219 Å². The first kappa shape index (κ1) is 28.7. The molecule has 1 aliphatic heterocycles. The topological polar surface area (TPSA) is 96.7 Å². The number of aromatic nitrogens is 2. The Morgan fingerprint density at radius 3 is 2.37 bits per heavy atom. The second-order valence-electron chi connectivity index (χ2n) is 9.02. The van der Waals surface area contributed by atoms with E-state index < -0.39 is 12.1 Å². The monoisotopic (exact) mass is 532 g/mol. The molecule has 8 nitrogen and oxygen atoms in total. The largest absolute Gasteiger partial charge is 0.496 e. The minimum Gasteiger partial charge on any atom is -0.496 e. The average molecular weight is 533 g/mol. The highest BCUT2D eigenvalue weighted by Crippen LogP contribution is 2.33. The van der Waals surface area contributed by atoms with E-state index in [9.17, 15) is 18.0 Å². The molecule has 1 aromatic heterocycles. The van der Waals surface area contributed by atoms with Gasteiger partial charge in [0.25, 0.3) is 0 Å². The van der Waals surface area contributed by atoms with Crippen molar-refractivity contribution in [2.75, 3.05) is 13.7 Å². The highest BCUT2D eigenvalue weighted by molar-refractivity contribution is 5.83. The number of fused-ring (bicyclic) bond motifs is 1. The van der Waals surface area contributed by atoms with Crippen molar-refractivity contribution in [2.45, 2.75) is 51.6 Å². The van der Waals surface area contributed by atoms with Crippen LogP contribution in [0.15, 0.2) is 60.9 Å². The molecule has 1 aliphatic rings. The van der Waals surface area contributed by atoms with E-state index >= 15 is 0 Å². The number of methoxy groups -OCH3 is 1. The third kappa shape index (κ3) is 7.12. The summed E-state index contributed by atoms with van der Waals surface area (Å²) in [7, 11) is 1.65. The molecule has 0 saturated heterocycles. The fourth-order valence-electron chi connectivity index (χ4n) is 4.27. The van der Waals surface area contributed by atoms with Gasteiger partial charge >= 0.3 is 12.1 Å². The lowest BCUT2D eigenvalue weighted by Crippen LogP contribution is -2.45. The smallest absolute Gasteiger partial charge is 0.490 e. The second kappa shape index (κ2) is 12.6. The summed E-state index contributed by atoms with van der Waals surface area (Å²) in [5.41, 5.74) is 4.19. The summed E-state index contributed by atoms with van der Waals surface area (Å²) < 4.78 is 39.3. The molecule has 2 aromatic carbocycles. The lowest BCUT2D eigenvalue weighted by atomic mass is 9.99. The average Bonchev–Trinajstić information content (AvgIpc) is 3.32. The lowest BCUT2D eigenvalue weighted by molar-refractivity contribution is -0.192. The number of amides is 1. The zero-order valence-corrected chi connectivity index (χ0v) is 21.4. The van der Waals surface area contributed by atoms with Crippen molar-refractivity contribution in [3.63, 3.8) is 0 Å². The van der Waals surface area contributed by atoms with Gasteiger partial charge in [0.15, 0.2) is 0 Å². The second-order valence-corrected chi connectivity index (χ2v) is 9.02. The molecule has 1 atom stereocenters. The van der Waals surface area contributed by atoms with E-state index in [2.05, 4.69) is 45.7 Å². The summed E-state index contributed by atoms with van der Waals surface area (Å²) >= 11 is 0. The van der Waals surface area contributed by atoms with Crippen molar-refractivity contribution in [2.24, 2.45) is 0 Å². The number of rotatable bonds is 7. The van der Waals surface area contributed by atoms with Crippen LogP contribution in [0.2, 0.25) is 0 Å². The molecule has 11 heteroatoms. The van der Waals surface area contributed by atoms with E-state index in [0.717, 1.165) is 42.2 Å². The Morgan fingerprint density at radius 2 is 1.76 bits per heavy atom. The maximum atomic E-state index is 13.6. The van der Waals surface area contributed by atoms with Gasteiger partial charge in [0, 0.05) is 37.7 Å². The molecule has 0 aliphatic carbocycles. The molecule has 1 unspecified atom stereocenters. The van der Waals surface area contributed by atoms with E-state index in [-0.39, 0.29) is 18.0 Å². The number of para-hydroxylation sites is 1. The molecule has 2 heterocycles. The molecule has 204 valence electrons. The zero-order valence-electron chi connectivity index (χ0n) is 21.4. The van der Waals surface area contributed by atoms with Gasteiger partial charge in [-0.05, 0) is 25.5 Å². The number of carbonyl (C=O) groups excluding carboxylic acids is 1. The number of alkyl halides is 3. The van der Waals surface area contributed by atoms with Gasteiger partial charge in [-0.3, -0.25) is 9.69 Å². The van der Waals surface area contributed by atoms with Crippen LogP contribution in [0.1, 0.15) is 48.4 Å². The van der Waals surface area contributed by atoms with Crippen LogP contribution in [0.5, 0.6) is 5.75 Å². The molecule has 0 bridgehead atoms. The van der Waals surface area contributed by atoms with Crippen LogP contribution in [0.25, 0.3) is 0 Å². The highest BCUT2D eigenvalue weighted by atomic mass is 19.4. The van der Waals surface area contributed by atoms with Crippen LogP contribution in [0.4, 0.5) is 13.2 Å². The quantitative estimate of drug-likeness (QED) is 0.465. The van der Waals surface area contributed by atoms with E-state index in [4.69, 9.17) is 14.6 Å². The Kier molecular flexibility index (Phi) is 9.51. The summed E-state index contributed by atoms with van der Waals surface area (Å²) in [6, 6.07) is 17.9. The van der Waals surface area contributed by atoms with Crippen molar-refractivity contribution >= 4 is 11.9 Å². The number of hydrogen-bond acceptors (Lipinski definition) is 5. The number of hydrogen-bond donors (Lipinski definition) is 2. The number of benzene rings is 2. The fourth-order valence-corrected chi connectivity index (χ4v) is 4.27. The van der Waals surface area contributed by atoms with Gasteiger partial charge in [0.05, 0.1) is 24.8 Å². The number of aliphatic carboxylic acids is 1. The van der Waals surface area contributed by atoms with Crippen molar-refractivity contribution in [1.82, 2.24) is 19.8 Å². The van der Waals surface area contributed by atoms with Crippen LogP contribution >= 0.6 is 0 Å². The summed E-state index contributed by atoms with van der Waals surface area (Å²) in [6.45, 7) is 6.19. The minimum atomic E-state index is -5.08. The van der Waals surface area contributed by atoms with Crippen molar-refractivity contribution < 1.29 is 32.6 Å². The first-order valence-corrected chi connectivity index (χ1v) is 12.1. The number of nitrogens with one attached hydrogen (secondary N) is 1. The number of nitrogens with zero attached hydrogens (tertiary/aromatic N) is 3. The highest BCUT2D eigenvalue weighted by Gasteiger charge is 2.38. The molecule has 0 spiro atoms. The van der Waals surface area contributed by atoms with E-state index in [1.54, 1.807) is 7.11 Å². The van der Waals surface area contributed by atoms with Gasteiger partial charge in [-0.15, -0.1) is 0 Å². The standard InChI is InChI=1S/C25H30N4O2.C2HF3O2/c1-18(2)29-17-27-21-13-14-28(16-19-9-5-4-6-10-19)24(23(21)29)25(30)26-15-20-11-7-8-12-22(20)31-3;3-2(4,5)1(6)7/h4-12,17-18,24H,13-16H2,1-3H3,(H,26,30);(H,6,7). The Bertz CT molecular complexity index is 1230. The molecule has 3 aromatic rings. The molecular formula is C27H31F3N4O4. The summed E-state index contributed by atoms with van der Waals surface area (Å²) in [5.74, 6) is -1.99. The van der Waals surface area contributed by atoms with Crippen LogP contribution in [-0.4, -0.2) is 51.3 Å². The number of carboxylic acids is 1. The van der Waals surface area contributed by atoms with Crippen LogP contribution < -0.4 is 10.1 Å². The number of ether oxygens (including phenoxy) is 1. The zero-order chi connectivity index (χ0) is 27.9. The number of carboxylic acid groups (broad SMARTS) is 1. The Morgan fingerprint density at radius 1 is 1.13 bits per heavy atom. The molecule has 1 amide bonds. The van der Waals surface area contributed by atoms with E-state index in [0.29, 0.717) is 6.54 Å². The van der Waals surface area contributed by atoms with Crippen LogP contribution in [0, 0.1) is 0 Å². The predicted octanol–water partition coefficient (Wildman–Crippen LogP) is 4.52. The molecule has 0 fully saturated rings. The van der Waals surface area contributed by atoms with Gasteiger partial charge in [-0.1, -0.05) is 48.5 Å². The third-order valence-electron chi connectivity index (χ3n) is 6.09. The maximum Gasteiger partial charge on any atom is 0.490 e. The van der Waals surface area contributed by atoms with E-state index in [1.165, 1.54) is 5.56 Å². The van der Waals surface area contributed by atoms with E-state index in [1.807, 2.05) is 48.8 Å². The SMILES string of the molecule is COc1ccccc1CNC(=O)C1c2c(ncn2C(C)C)CCN1Cc1ccccc1.O=C(O)C(F)(F)F. The maximum absolute atomic E-state index is 13.6. The molecular weight excluding hydrogens is 501 g/mol. The van der Waals surface area contributed by atoms with Gasteiger partial charge < -0.3 is 19.7 Å². The summed E-state index contributed by atoms with van der Waals surface area (Å²) in [5, 5.41) is 10.3. The summed E-state index contributed by atoms with van der Waals surface area (Å²) in [6.07, 6.45) is -2.36. The molecule has 4 rings (SSSR count). The number of carbonyl (C=O) groups is 2. The van der Waals surface area contributed by atoms with Gasteiger partial charge in [0.2, 0.25) is 5.91 Å². The van der Waals surface area contributed by atoms with Crippen molar-refractivity contribution in [1.29, 1.82) is 0 Å². The van der Waals surface area contributed by atoms with Crippen molar-refractivity contribution in [3.05, 3.63) is 83.4 Å². The van der Waals surface area contributed by atoms with Gasteiger partial charge in [-0.25, -0.2) is 9.78 Å². The normalized spacial score (nSPS) is 15.3. The molecule has 38 heavy (non-hydrogen) atoms. The van der Waals surface area contributed by atoms with Crippen molar-refractivity contribution in [3.8, 4) is 5.75 Å². The van der Waals surface area contributed by atoms with Crippen LogP contribution in [-0.2, 0) is 29.1 Å². The van der Waals surface area contributed by atoms with Gasteiger partial charge in [-0.2, -0.15) is 13.2 Å². The first-order valence-electron chi connectivity index (χ1n) is 12.1. The van der Waals surface area contributed by atoms with Crippen LogP contribution in [0.3, 0.4) is 0 Å². The lowest BCUT2D eigenvalue weighted by Gasteiger charge is -2.36. The summed E-state index contributed by atoms with van der Waals surface area (Å²) in [4.78, 5) is 29.4. The predicted molar refractivity (Wildman–Crippen MR) is 134 cm³/mol. The molecule has 0 saturated carbocycles. The fraction of sp³-hybridized carbons (Fsp3) is 0.370. The Hall–Kier alpha value is -3.86. The number of halogens is 3. The molecule has 2 N–H and O–H groups in total. The van der Waals surface area contributed by atoms with Gasteiger partial charge in [0.1, 0.15) is 11.8 Å². The first-order chi connectivity index (χ1) is 18.0. The molecule has 0 radical (unpaired) electrons. The Balaban J connectivity index is 0.000000505. The third-order valence-corrected chi connectivity index (χ3v) is 6.09. The number of imidazole rings is 1. The minimum absolute atomic E-state index is 0.00909.